The van der Waals surface area contributed by atoms with Crippen molar-refractivity contribution in [1.29, 1.82) is 0 Å². The summed E-state index contributed by atoms with van der Waals surface area (Å²) in [4.78, 5) is 30.2. The van der Waals surface area contributed by atoms with E-state index in [0.717, 1.165) is 17.7 Å². The van der Waals surface area contributed by atoms with Crippen LogP contribution in [0, 0.1) is 11.8 Å². The molecule has 1 amide bonds. The van der Waals surface area contributed by atoms with Gasteiger partial charge in [-0.3, -0.25) is 18.9 Å². The summed E-state index contributed by atoms with van der Waals surface area (Å²) in [5, 5.41) is 5.54. The SMILES string of the molecule is C=C(C)OC(=O)[C@H](C(=O)N[C@@H](Cc1ccc(NS(=O)(=O)O)cc1)c1nc(CC)cs1)C(C)C. The highest BCUT2D eigenvalue weighted by molar-refractivity contribution is 7.87. The lowest BCUT2D eigenvalue weighted by atomic mass is 9.94. The number of anilines is 1. The number of esters is 1. The molecule has 9 nitrogen and oxygen atoms in total. The highest BCUT2D eigenvalue weighted by Gasteiger charge is 2.33. The molecule has 1 heterocycles. The topological polar surface area (TPSA) is 135 Å². The van der Waals surface area contributed by atoms with E-state index in [0.29, 0.717) is 11.4 Å². The van der Waals surface area contributed by atoms with Gasteiger partial charge in [-0.1, -0.05) is 39.5 Å². The largest absolute Gasteiger partial charge is 0.431 e. The molecule has 1 aromatic heterocycles. The maximum atomic E-state index is 13.1. The van der Waals surface area contributed by atoms with Gasteiger partial charge in [0.15, 0.2) is 0 Å². The molecule has 2 rings (SSSR count). The number of nitrogens with zero attached hydrogens (tertiary/aromatic N) is 1. The number of thiazole rings is 1. The fraction of sp³-hybridized carbons (Fsp3) is 0.409. The Morgan fingerprint density at radius 1 is 1.24 bits per heavy atom. The Morgan fingerprint density at radius 3 is 2.36 bits per heavy atom. The number of hydrogen-bond acceptors (Lipinski definition) is 7. The number of aromatic nitrogens is 1. The Labute approximate surface area is 198 Å². The minimum absolute atomic E-state index is 0.201. The second-order valence-corrected chi connectivity index (χ2v) is 9.96. The molecule has 0 spiro atoms. The molecular weight excluding hydrogens is 466 g/mol. The van der Waals surface area contributed by atoms with Crippen LogP contribution in [0.25, 0.3) is 0 Å². The van der Waals surface area contributed by atoms with Gasteiger partial charge in [-0.25, -0.2) is 4.98 Å². The normalized spacial score (nSPS) is 13.3. The maximum Gasteiger partial charge on any atom is 0.357 e. The van der Waals surface area contributed by atoms with Gasteiger partial charge in [0.1, 0.15) is 10.9 Å². The number of allylic oxidation sites excluding steroid dienone is 1. The van der Waals surface area contributed by atoms with Crippen LogP contribution in [0.2, 0.25) is 0 Å². The Hall–Kier alpha value is -2.76. The molecule has 0 bridgehead atoms. The molecule has 180 valence electrons. The summed E-state index contributed by atoms with van der Waals surface area (Å²) < 4.78 is 38.0. The molecule has 3 N–H and O–H groups in total. The van der Waals surface area contributed by atoms with Crippen LogP contribution in [0.5, 0.6) is 0 Å². The maximum absolute atomic E-state index is 13.1. The van der Waals surface area contributed by atoms with E-state index in [4.69, 9.17) is 9.29 Å². The Bertz CT molecular complexity index is 1090. The molecule has 0 aliphatic heterocycles. The van der Waals surface area contributed by atoms with Crippen molar-refractivity contribution >= 4 is 39.2 Å². The standard InChI is InChI=1S/C22H29N3O6S2/c1-6-16-12-32-21(23-16)18(11-15-7-9-17(10-8-15)25-33(28,29)30)24-20(26)19(13(2)3)22(27)31-14(4)5/h7-10,12-13,18-19,25H,4,6,11H2,1-3,5H3,(H,24,26)(H,28,29,30)/t18-,19-/m0/s1. The summed E-state index contributed by atoms with van der Waals surface area (Å²) in [5.74, 6) is -2.25. The van der Waals surface area contributed by atoms with Crippen LogP contribution in [-0.2, 0) is 37.5 Å². The first-order valence-electron chi connectivity index (χ1n) is 10.4. The summed E-state index contributed by atoms with van der Waals surface area (Å²) >= 11 is 1.41. The molecule has 2 atom stereocenters. The number of nitrogens with one attached hydrogen (secondary N) is 2. The summed E-state index contributed by atoms with van der Waals surface area (Å²) in [6.07, 6.45) is 1.10. The third-order valence-corrected chi connectivity index (χ3v) is 6.17. The van der Waals surface area contributed by atoms with Crippen molar-refractivity contribution in [2.24, 2.45) is 11.8 Å². The first-order valence-corrected chi connectivity index (χ1v) is 12.7. The highest BCUT2D eigenvalue weighted by atomic mass is 32.2. The van der Waals surface area contributed by atoms with Gasteiger partial charge < -0.3 is 10.1 Å². The van der Waals surface area contributed by atoms with Crippen molar-refractivity contribution in [3.05, 3.63) is 58.2 Å². The van der Waals surface area contributed by atoms with Crippen LogP contribution in [0.4, 0.5) is 5.69 Å². The lowest BCUT2D eigenvalue weighted by Crippen LogP contribution is -2.41. The number of benzene rings is 1. The number of aryl methyl sites for hydroxylation is 1. The number of hydrogen-bond donors (Lipinski definition) is 3. The lowest BCUT2D eigenvalue weighted by molar-refractivity contribution is -0.151. The van der Waals surface area contributed by atoms with E-state index < -0.39 is 34.1 Å². The molecule has 1 aromatic carbocycles. The molecule has 0 unspecified atom stereocenters. The number of amides is 1. The predicted molar refractivity (Wildman–Crippen MR) is 127 cm³/mol. The smallest absolute Gasteiger partial charge is 0.357 e. The molecule has 2 aromatic rings. The van der Waals surface area contributed by atoms with E-state index in [2.05, 4.69) is 16.9 Å². The second kappa shape index (κ2) is 11.4. The summed E-state index contributed by atoms with van der Waals surface area (Å²) in [6, 6.07) is 5.85. The minimum Gasteiger partial charge on any atom is -0.431 e. The third kappa shape index (κ3) is 8.26. The van der Waals surface area contributed by atoms with Crippen LogP contribution in [0.3, 0.4) is 0 Å². The zero-order chi connectivity index (χ0) is 24.8. The Morgan fingerprint density at radius 2 is 1.88 bits per heavy atom. The summed E-state index contributed by atoms with van der Waals surface area (Å²) in [5.41, 5.74) is 1.89. The lowest BCUT2D eigenvalue weighted by Gasteiger charge is -2.23. The average Bonchev–Trinajstić information content (AvgIpc) is 3.16. The molecule has 33 heavy (non-hydrogen) atoms. The van der Waals surface area contributed by atoms with Crippen molar-refractivity contribution in [1.82, 2.24) is 10.3 Å². The van der Waals surface area contributed by atoms with Crippen molar-refractivity contribution in [2.75, 3.05) is 4.72 Å². The molecule has 0 aliphatic rings. The van der Waals surface area contributed by atoms with Crippen molar-refractivity contribution in [2.45, 2.75) is 46.6 Å². The predicted octanol–water partition coefficient (Wildman–Crippen LogP) is 3.67. The molecule has 0 aliphatic carbocycles. The van der Waals surface area contributed by atoms with Gasteiger partial charge in [0.05, 0.1) is 23.2 Å². The van der Waals surface area contributed by atoms with Crippen molar-refractivity contribution in [3.63, 3.8) is 0 Å². The monoisotopic (exact) mass is 495 g/mol. The zero-order valence-corrected chi connectivity index (χ0v) is 20.6. The first kappa shape index (κ1) is 26.5. The second-order valence-electron chi connectivity index (χ2n) is 7.91. The van der Waals surface area contributed by atoms with Gasteiger partial charge in [0.25, 0.3) is 0 Å². The van der Waals surface area contributed by atoms with Gasteiger partial charge in [-0.05, 0) is 43.4 Å². The Balaban J connectivity index is 2.28. The minimum atomic E-state index is -4.37. The van der Waals surface area contributed by atoms with Gasteiger partial charge in [0, 0.05) is 5.38 Å². The quantitative estimate of drug-likeness (QED) is 0.187. The van der Waals surface area contributed by atoms with E-state index in [1.54, 1.807) is 32.9 Å². The number of ether oxygens (including phenoxy) is 1. The molecular formula is C22H29N3O6S2. The van der Waals surface area contributed by atoms with Crippen LogP contribution in [-0.4, -0.2) is 29.8 Å². The van der Waals surface area contributed by atoms with E-state index in [-0.39, 0.29) is 17.4 Å². The third-order valence-electron chi connectivity index (χ3n) is 4.66. The van der Waals surface area contributed by atoms with E-state index in [9.17, 15) is 18.0 Å². The van der Waals surface area contributed by atoms with Gasteiger partial charge in [0.2, 0.25) is 5.91 Å². The number of carbonyl (C=O) groups is 2. The molecule has 0 saturated heterocycles. The van der Waals surface area contributed by atoms with Crippen LogP contribution >= 0.6 is 11.3 Å². The summed E-state index contributed by atoms with van der Waals surface area (Å²) in [7, 11) is -4.37. The first-order chi connectivity index (χ1) is 15.4. The molecule has 0 fully saturated rings. The van der Waals surface area contributed by atoms with Crippen LogP contribution in [0.15, 0.2) is 42.0 Å². The van der Waals surface area contributed by atoms with E-state index in [1.165, 1.54) is 23.5 Å². The van der Waals surface area contributed by atoms with Crippen LogP contribution < -0.4 is 10.0 Å². The van der Waals surface area contributed by atoms with Gasteiger partial charge in [-0.2, -0.15) is 8.42 Å². The molecule has 0 radical (unpaired) electrons. The van der Waals surface area contributed by atoms with E-state index in [1.807, 2.05) is 17.0 Å². The average molecular weight is 496 g/mol. The van der Waals surface area contributed by atoms with Crippen molar-refractivity contribution < 1.29 is 27.3 Å². The summed E-state index contributed by atoms with van der Waals surface area (Å²) in [6.45, 7) is 10.6. The Kier molecular flexibility index (Phi) is 9.15. The van der Waals surface area contributed by atoms with Crippen LogP contribution in [0.1, 0.15) is 50.0 Å². The van der Waals surface area contributed by atoms with E-state index >= 15 is 0 Å². The van der Waals surface area contributed by atoms with Gasteiger partial charge in [-0.15, -0.1) is 11.3 Å². The fourth-order valence-corrected chi connectivity index (χ4v) is 4.50. The van der Waals surface area contributed by atoms with Crippen molar-refractivity contribution in [3.8, 4) is 0 Å². The molecule has 11 heteroatoms. The molecule has 0 saturated carbocycles. The number of carbonyl (C=O) groups excluding carboxylic acids is 2. The van der Waals surface area contributed by atoms with Gasteiger partial charge >= 0.3 is 16.3 Å². The fourth-order valence-electron chi connectivity index (χ4n) is 3.12. The highest BCUT2D eigenvalue weighted by Crippen LogP contribution is 2.25. The zero-order valence-electron chi connectivity index (χ0n) is 19.0. The number of rotatable bonds is 11.